The number of phenols is 1. The van der Waals surface area contributed by atoms with Gasteiger partial charge in [-0.15, -0.1) is 0 Å². The van der Waals surface area contributed by atoms with Crippen LogP contribution in [0.2, 0.25) is 0 Å². The monoisotopic (exact) mass is 414 g/mol. The minimum Gasteiger partial charge on any atom is -0.507 e. The smallest absolute Gasteiger partial charge is 0.310 e. The van der Waals surface area contributed by atoms with E-state index >= 15 is 0 Å². The van der Waals surface area contributed by atoms with Gasteiger partial charge < -0.3 is 19.7 Å². The van der Waals surface area contributed by atoms with E-state index in [1.54, 1.807) is 36.4 Å². The molecule has 30 heavy (non-hydrogen) atoms. The van der Waals surface area contributed by atoms with Crippen LogP contribution in [0.25, 0.3) is 0 Å². The van der Waals surface area contributed by atoms with E-state index in [1.165, 1.54) is 6.92 Å². The highest BCUT2D eigenvalue weighted by atomic mass is 16.5. The van der Waals surface area contributed by atoms with Crippen molar-refractivity contribution in [3.8, 4) is 17.2 Å². The largest absolute Gasteiger partial charge is 0.507 e. The SMILES string of the molecule is CCCc1c(OCCCOc2ccc(C(CC)C(=O)O)cc2)ccc(C(C)=O)c1O. The van der Waals surface area contributed by atoms with Gasteiger partial charge in [-0.25, -0.2) is 0 Å². The molecule has 162 valence electrons. The lowest BCUT2D eigenvalue weighted by Gasteiger charge is -2.15. The van der Waals surface area contributed by atoms with Gasteiger partial charge in [0.25, 0.3) is 0 Å². The van der Waals surface area contributed by atoms with Crippen molar-refractivity contribution in [2.45, 2.75) is 52.4 Å². The van der Waals surface area contributed by atoms with Gasteiger partial charge in [-0.3, -0.25) is 9.59 Å². The van der Waals surface area contributed by atoms with Gasteiger partial charge in [0.05, 0.1) is 24.7 Å². The summed E-state index contributed by atoms with van der Waals surface area (Å²) in [7, 11) is 0. The molecule has 2 N–H and O–H groups in total. The average molecular weight is 414 g/mol. The van der Waals surface area contributed by atoms with Crippen molar-refractivity contribution in [1.82, 2.24) is 0 Å². The molecule has 0 amide bonds. The van der Waals surface area contributed by atoms with Crippen LogP contribution < -0.4 is 9.47 Å². The van der Waals surface area contributed by atoms with E-state index in [2.05, 4.69) is 0 Å². The summed E-state index contributed by atoms with van der Waals surface area (Å²) in [4.78, 5) is 22.9. The van der Waals surface area contributed by atoms with Gasteiger partial charge >= 0.3 is 5.97 Å². The zero-order valence-electron chi connectivity index (χ0n) is 17.8. The summed E-state index contributed by atoms with van der Waals surface area (Å²) in [5.41, 5.74) is 1.73. The fourth-order valence-electron chi connectivity index (χ4n) is 3.31. The van der Waals surface area contributed by atoms with Gasteiger partial charge in [0.1, 0.15) is 17.2 Å². The number of carboxylic acid groups (broad SMARTS) is 1. The van der Waals surface area contributed by atoms with Crippen molar-refractivity contribution in [2.24, 2.45) is 0 Å². The first-order valence-corrected chi connectivity index (χ1v) is 10.3. The topological polar surface area (TPSA) is 93.1 Å². The number of rotatable bonds is 12. The number of ketones is 1. The third-order valence-electron chi connectivity index (χ3n) is 4.92. The summed E-state index contributed by atoms with van der Waals surface area (Å²) in [6.07, 6.45) is 2.62. The summed E-state index contributed by atoms with van der Waals surface area (Å²) in [5, 5.41) is 19.6. The molecule has 0 bridgehead atoms. The van der Waals surface area contributed by atoms with E-state index in [4.69, 9.17) is 9.47 Å². The fourth-order valence-corrected chi connectivity index (χ4v) is 3.31. The molecular weight excluding hydrogens is 384 g/mol. The molecular formula is C24H30O6. The third-order valence-corrected chi connectivity index (χ3v) is 4.92. The normalized spacial score (nSPS) is 11.7. The number of benzene rings is 2. The number of aromatic hydroxyl groups is 1. The second-order valence-corrected chi connectivity index (χ2v) is 7.16. The van der Waals surface area contributed by atoms with E-state index in [-0.39, 0.29) is 11.5 Å². The molecule has 1 unspecified atom stereocenters. The van der Waals surface area contributed by atoms with Crippen LogP contribution in [0.15, 0.2) is 36.4 Å². The van der Waals surface area contributed by atoms with Crippen LogP contribution in [0.4, 0.5) is 0 Å². The Bertz CT molecular complexity index is 857. The molecule has 0 aliphatic heterocycles. The Morgan fingerprint density at radius 2 is 1.67 bits per heavy atom. The van der Waals surface area contributed by atoms with Crippen molar-refractivity contribution >= 4 is 11.8 Å². The van der Waals surface area contributed by atoms with Crippen LogP contribution >= 0.6 is 0 Å². The quantitative estimate of drug-likeness (QED) is 0.376. The summed E-state index contributed by atoms with van der Waals surface area (Å²) in [6.45, 7) is 6.13. The van der Waals surface area contributed by atoms with Crippen molar-refractivity contribution in [3.05, 3.63) is 53.1 Å². The third kappa shape index (κ3) is 5.99. The van der Waals surface area contributed by atoms with Crippen LogP contribution in [-0.2, 0) is 11.2 Å². The Hall–Kier alpha value is -3.02. The molecule has 0 fully saturated rings. The minimum atomic E-state index is -0.826. The number of phenolic OH excluding ortho intramolecular Hbond substituents is 1. The zero-order chi connectivity index (χ0) is 22.1. The Kier molecular flexibility index (Phi) is 8.71. The standard InChI is InChI=1S/C24H30O6/c1-4-7-21-22(13-12-20(16(3)25)23(21)26)30-15-6-14-29-18-10-8-17(9-11-18)19(5-2)24(27)28/h8-13,19,26H,4-7,14-15H2,1-3H3,(H,27,28). The van der Waals surface area contributed by atoms with Crippen molar-refractivity contribution in [2.75, 3.05) is 13.2 Å². The van der Waals surface area contributed by atoms with Crippen molar-refractivity contribution in [3.63, 3.8) is 0 Å². The molecule has 2 aromatic carbocycles. The number of carbonyl (C=O) groups excluding carboxylic acids is 1. The Morgan fingerprint density at radius 1 is 1.00 bits per heavy atom. The molecule has 0 aliphatic rings. The number of Topliss-reactive ketones (excluding diaryl/α,β-unsaturated/α-hetero) is 1. The maximum Gasteiger partial charge on any atom is 0.310 e. The molecule has 0 saturated heterocycles. The summed E-state index contributed by atoms with van der Waals surface area (Å²) < 4.78 is 11.5. The van der Waals surface area contributed by atoms with Crippen LogP contribution in [-0.4, -0.2) is 35.2 Å². The highest BCUT2D eigenvalue weighted by Crippen LogP contribution is 2.33. The molecule has 0 aromatic heterocycles. The van der Waals surface area contributed by atoms with Gasteiger partial charge in [0.15, 0.2) is 5.78 Å². The molecule has 0 aliphatic carbocycles. The van der Waals surface area contributed by atoms with Gasteiger partial charge in [0, 0.05) is 12.0 Å². The predicted molar refractivity (Wildman–Crippen MR) is 115 cm³/mol. The molecule has 6 heteroatoms. The van der Waals surface area contributed by atoms with Crippen LogP contribution in [0.5, 0.6) is 17.2 Å². The van der Waals surface area contributed by atoms with Gasteiger partial charge in [-0.05, 0) is 49.6 Å². The summed E-state index contributed by atoms with van der Waals surface area (Å²) in [6, 6.07) is 10.4. The first-order valence-electron chi connectivity index (χ1n) is 10.3. The minimum absolute atomic E-state index is 0.00457. The van der Waals surface area contributed by atoms with Crippen molar-refractivity contribution in [1.29, 1.82) is 0 Å². The van der Waals surface area contributed by atoms with E-state index in [0.29, 0.717) is 55.1 Å². The van der Waals surface area contributed by atoms with E-state index in [9.17, 15) is 19.8 Å². The number of carboxylic acids is 1. The second kappa shape index (κ2) is 11.2. The first kappa shape index (κ1) is 23.3. The summed E-state index contributed by atoms with van der Waals surface area (Å²) >= 11 is 0. The Labute approximate surface area is 177 Å². The van der Waals surface area contributed by atoms with Gasteiger partial charge in [-0.2, -0.15) is 0 Å². The van der Waals surface area contributed by atoms with Crippen LogP contribution in [0.3, 0.4) is 0 Å². The Balaban J connectivity index is 1.88. The number of hydrogen-bond acceptors (Lipinski definition) is 5. The molecule has 0 heterocycles. The molecule has 0 saturated carbocycles. The van der Waals surface area contributed by atoms with Crippen molar-refractivity contribution < 1.29 is 29.3 Å². The molecule has 2 rings (SSSR count). The van der Waals surface area contributed by atoms with Crippen LogP contribution in [0, 0.1) is 0 Å². The lowest BCUT2D eigenvalue weighted by atomic mass is 9.97. The molecule has 0 radical (unpaired) electrons. The van der Waals surface area contributed by atoms with Crippen LogP contribution in [0.1, 0.15) is 67.4 Å². The van der Waals surface area contributed by atoms with E-state index in [1.807, 2.05) is 13.8 Å². The lowest BCUT2D eigenvalue weighted by molar-refractivity contribution is -0.138. The average Bonchev–Trinajstić information content (AvgIpc) is 2.71. The highest BCUT2D eigenvalue weighted by molar-refractivity contribution is 5.97. The molecule has 0 spiro atoms. The molecule has 6 nitrogen and oxygen atoms in total. The lowest BCUT2D eigenvalue weighted by Crippen LogP contribution is -2.10. The maximum atomic E-state index is 11.6. The maximum absolute atomic E-state index is 11.6. The second-order valence-electron chi connectivity index (χ2n) is 7.16. The number of aliphatic carboxylic acids is 1. The molecule has 2 aromatic rings. The van der Waals surface area contributed by atoms with Gasteiger partial charge in [-0.1, -0.05) is 32.4 Å². The number of hydrogen-bond donors (Lipinski definition) is 2. The van der Waals surface area contributed by atoms with E-state index < -0.39 is 11.9 Å². The first-order chi connectivity index (χ1) is 14.4. The Morgan fingerprint density at radius 3 is 2.23 bits per heavy atom. The number of ether oxygens (including phenoxy) is 2. The summed E-state index contributed by atoms with van der Waals surface area (Å²) in [5.74, 6) is -0.241. The predicted octanol–water partition coefficient (Wildman–Crippen LogP) is 4.97. The number of carbonyl (C=O) groups is 2. The van der Waals surface area contributed by atoms with Gasteiger partial charge in [0.2, 0.25) is 0 Å². The highest BCUT2D eigenvalue weighted by Gasteiger charge is 2.17. The fraction of sp³-hybridized carbons (Fsp3) is 0.417. The zero-order valence-corrected chi connectivity index (χ0v) is 17.8. The van der Waals surface area contributed by atoms with E-state index in [0.717, 1.165) is 12.0 Å². The molecule has 1 atom stereocenters.